The second-order valence-corrected chi connectivity index (χ2v) is 3.12. The third-order valence-electron chi connectivity index (χ3n) is 2.06. The lowest BCUT2D eigenvalue weighted by molar-refractivity contribution is -0.142. The molecule has 1 atom stereocenters. The average molecular weight is 197 g/mol. The van der Waals surface area contributed by atoms with Crippen molar-refractivity contribution in [1.29, 1.82) is 0 Å². The molecule has 1 aromatic rings. The Hall–Kier alpha value is -1.36. The molecule has 0 aromatic carbocycles. The SMILES string of the molecule is COC(=O)[C@H](C)NCc1cncn1C. The van der Waals surface area contributed by atoms with Crippen molar-refractivity contribution in [3.63, 3.8) is 0 Å². The highest BCUT2D eigenvalue weighted by Crippen LogP contribution is 1.96. The van der Waals surface area contributed by atoms with Crippen molar-refractivity contribution in [3.8, 4) is 0 Å². The average Bonchev–Trinajstić information content (AvgIpc) is 2.59. The van der Waals surface area contributed by atoms with E-state index in [-0.39, 0.29) is 12.0 Å². The normalized spacial score (nSPS) is 12.5. The Morgan fingerprint density at radius 2 is 2.50 bits per heavy atom. The van der Waals surface area contributed by atoms with E-state index in [0.29, 0.717) is 6.54 Å². The summed E-state index contributed by atoms with van der Waals surface area (Å²) in [6.45, 7) is 2.37. The van der Waals surface area contributed by atoms with Crippen LogP contribution in [-0.2, 0) is 23.1 Å². The number of nitrogens with one attached hydrogen (secondary N) is 1. The van der Waals surface area contributed by atoms with E-state index in [0.717, 1.165) is 5.69 Å². The van der Waals surface area contributed by atoms with Gasteiger partial charge in [0.1, 0.15) is 6.04 Å². The van der Waals surface area contributed by atoms with Crippen molar-refractivity contribution in [2.75, 3.05) is 7.11 Å². The molecule has 5 heteroatoms. The number of nitrogens with zero attached hydrogens (tertiary/aromatic N) is 2. The Kier molecular flexibility index (Phi) is 3.64. The van der Waals surface area contributed by atoms with Crippen LogP contribution in [-0.4, -0.2) is 28.7 Å². The van der Waals surface area contributed by atoms with Crippen LogP contribution >= 0.6 is 0 Å². The van der Waals surface area contributed by atoms with Crippen LogP contribution in [0.1, 0.15) is 12.6 Å². The van der Waals surface area contributed by atoms with Gasteiger partial charge >= 0.3 is 5.97 Å². The molecular weight excluding hydrogens is 182 g/mol. The zero-order valence-electron chi connectivity index (χ0n) is 8.65. The number of carbonyl (C=O) groups is 1. The van der Waals surface area contributed by atoms with Crippen molar-refractivity contribution >= 4 is 5.97 Å². The third-order valence-corrected chi connectivity index (χ3v) is 2.06. The van der Waals surface area contributed by atoms with Gasteiger partial charge in [0, 0.05) is 19.8 Å². The summed E-state index contributed by atoms with van der Waals surface area (Å²) in [7, 11) is 3.29. The molecule has 0 radical (unpaired) electrons. The highest BCUT2D eigenvalue weighted by molar-refractivity contribution is 5.74. The summed E-state index contributed by atoms with van der Waals surface area (Å²) in [6.07, 6.45) is 3.48. The maximum Gasteiger partial charge on any atom is 0.322 e. The topological polar surface area (TPSA) is 56.1 Å². The fourth-order valence-corrected chi connectivity index (χ4v) is 1.07. The van der Waals surface area contributed by atoms with Gasteiger partial charge in [-0.2, -0.15) is 0 Å². The smallest absolute Gasteiger partial charge is 0.322 e. The molecule has 1 aromatic heterocycles. The van der Waals surface area contributed by atoms with Gasteiger partial charge in [0.25, 0.3) is 0 Å². The van der Waals surface area contributed by atoms with Crippen LogP contribution in [0.15, 0.2) is 12.5 Å². The molecule has 78 valence electrons. The maximum absolute atomic E-state index is 11.0. The molecule has 0 fully saturated rings. The van der Waals surface area contributed by atoms with E-state index in [4.69, 9.17) is 0 Å². The van der Waals surface area contributed by atoms with Crippen LogP contribution in [0.2, 0.25) is 0 Å². The Morgan fingerprint density at radius 1 is 1.79 bits per heavy atom. The van der Waals surface area contributed by atoms with E-state index in [1.165, 1.54) is 7.11 Å². The Bertz CT molecular complexity index is 309. The molecule has 14 heavy (non-hydrogen) atoms. The molecule has 0 aliphatic carbocycles. The van der Waals surface area contributed by atoms with Crippen LogP contribution in [0, 0.1) is 0 Å². The summed E-state index contributed by atoms with van der Waals surface area (Å²) in [5, 5.41) is 3.04. The molecule has 0 bridgehead atoms. The van der Waals surface area contributed by atoms with E-state index in [1.54, 1.807) is 19.4 Å². The van der Waals surface area contributed by atoms with Crippen molar-refractivity contribution < 1.29 is 9.53 Å². The standard InChI is InChI=1S/C9H15N3O2/c1-7(9(13)14-3)11-5-8-4-10-6-12(8)2/h4,6-7,11H,5H2,1-3H3/t7-/m0/s1. The molecule has 0 saturated carbocycles. The summed E-state index contributed by atoms with van der Waals surface area (Å²) in [5.41, 5.74) is 1.03. The zero-order chi connectivity index (χ0) is 10.6. The number of ether oxygens (including phenoxy) is 1. The monoisotopic (exact) mass is 197 g/mol. The first kappa shape index (κ1) is 10.7. The molecule has 0 unspecified atom stereocenters. The van der Waals surface area contributed by atoms with Crippen molar-refractivity contribution in [2.24, 2.45) is 7.05 Å². The molecule has 5 nitrogen and oxygen atoms in total. The number of hydrogen-bond acceptors (Lipinski definition) is 4. The molecule has 0 amide bonds. The van der Waals surface area contributed by atoms with Crippen molar-refractivity contribution in [1.82, 2.24) is 14.9 Å². The number of aryl methyl sites for hydroxylation is 1. The zero-order valence-corrected chi connectivity index (χ0v) is 8.65. The van der Waals surface area contributed by atoms with E-state index >= 15 is 0 Å². The fourth-order valence-electron chi connectivity index (χ4n) is 1.07. The Labute approximate surface area is 83.1 Å². The Balaban J connectivity index is 2.41. The predicted octanol–water partition coefficient (Wildman–Crippen LogP) is 0.0712. The number of carbonyl (C=O) groups excluding carboxylic acids is 1. The highest BCUT2D eigenvalue weighted by atomic mass is 16.5. The van der Waals surface area contributed by atoms with E-state index in [9.17, 15) is 4.79 Å². The number of imidazole rings is 1. The van der Waals surface area contributed by atoms with Crippen molar-refractivity contribution in [2.45, 2.75) is 19.5 Å². The first-order chi connectivity index (χ1) is 6.65. The first-order valence-corrected chi connectivity index (χ1v) is 4.41. The number of aromatic nitrogens is 2. The quantitative estimate of drug-likeness (QED) is 0.694. The predicted molar refractivity (Wildman–Crippen MR) is 51.5 cm³/mol. The molecule has 1 N–H and O–H groups in total. The number of methoxy groups -OCH3 is 1. The van der Waals surface area contributed by atoms with Gasteiger partial charge in [-0.05, 0) is 6.92 Å². The molecule has 0 aliphatic heterocycles. The van der Waals surface area contributed by atoms with Crippen LogP contribution in [0.5, 0.6) is 0 Å². The minimum absolute atomic E-state index is 0.257. The van der Waals surface area contributed by atoms with Gasteiger partial charge in [-0.3, -0.25) is 10.1 Å². The lowest BCUT2D eigenvalue weighted by Crippen LogP contribution is -2.34. The lowest BCUT2D eigenvalue weighted by atomic mass is 10.3. The fraction of sp³-hybridized carbons (Fsp3) is 0.556. The second-order valence-electron chi connectivity index (χ2n) is 3.12. The van der Waals surface area contributed by atoms with Gasteiger partial charge in [-0.1, -0.05) is 0 Å². The van der Waals surface area contributed by atoms with E-state index in [1.807, 2.05) is 11.6 Å². The number of rotatable bonds is 4. The number of hydrogen-bond donors (Lipinski definition) is 1. The second kappa shape index (κ2) is 4.76. The van der Waals surface area contributed by atoms with Crippen LogP contribution in [0.25, 0.3) is 0 Å². The largest absolute Gasteiger partial charge is 0.468 e. The van der Waals surface area contributed by atoms with Crippen molar-refractivity contribution in [3.05, 3.63) is 18.2 Å². The molecule has 0 aliphatic rings. The van der Waals surface area contributed by atoms with Gasteiger partial charge in [0.2, 0.25) is 0 Å². The minimum Gasteiger partial charge on any atom is -0.468 e. The molecule has 0 spiro atoms. The Morgan fingerprint density at radius 3 is 3.00 bits per heavy atom. The highest BCUT2D eigenvalue weighted by Gasteiger charge is 2.12. The summed E-state index contributed by atoms with van der Waals surface area (Å²) >= 11 is 0. The summed E-state index contributed by atoms with van der Waals surface area (Å²) < 4.78 is 6.49. The molecule has 1 rings (SSSR count). The molecule has 0 saturated heterocycles. The first-order valence-electron chi connectivity index (χ1n) is 4.41. The van der Waals surface area contributed by atoms with E-state index < -0.39 is 0 Å². The summed E-state index contributed by atoms with van der Waals surface area (Å²) in [4.78, 5) is 15.0. The van der Waals surface area contributed by atoms with Gasteiger partial charge in [-0.15, -0.1) is 0 Å². The molecular formula is C9H15N3O2. The van der Waals surface area contributed by atoms with Gasteiger partial charge < -0.3 is 9.30 Å². The van der Waals surface area contributed by atoms with Crippen LogP contribution < -0.4 is 5.32 Å². The molecule has 1 heterocycles. The maximum atomic E-state index is 11.0. The number of esters is 1. The van der Waals surface area contributed by atoms with Gasteiger partial charge in [-0.25, -0.2) is 4.98 Å². The van der Waals surface area contributed by atoms with Crippen LogP contribution in [0.3, 0.4) is 0 Å². The summed E-state index contributed by atoms with van der Waals surface area (Å²) in [6, 6.07) is -0.296. The van der Waals surface area contributed by atoms with Gasteiger partial charge in [0.15, 0.2) is 0 Å². The minimum atomic E-state index is -0.296. The summed E-state index contributed by atoms with van der Waals surface area (Å²) in [5.74, 6) is -0.257. The lowest BCUT2D eigenvalue weighted by Gasteiger charge is -2.11. The van der Waals surface area contributed by atoms with Crippen LogP contribution in [0.4, 0.5) is 0 Å². The third kappa shape index (κ3) is 2.56. The van der Waals surface area contributed by atoms with Gasteiger partial charge in [0.05, 0.1) is 19.1 Å². The van der Waals surface area contributed by atoms with E-state index in [2.05, 4.69) is 15.0 Å².